The van der Waals surface area contributed by atoms with Gasteiger partial charge in [0, 0.05) is 6.54 Å². The average Bonchev–Trinajstić information content (AvgIpc) is 1.85. The predicted molar refractivity (Wildman–Crippen MR) is 27.6 cm³/mol. The van der Waals surface area contributed by atoms with E-state index in [0.29, 0.717) is 6.54 Å². The molecule has 0 aliphatic carbocycles. The number of hydrogen-bond acceptors (Lipinski definition) is 8. The second kappa shape index (κ2) is 36.2. The van der Waals surface area contributed by atoms with Gasteiger partial charge in [0.15, 0.2) is 0 Å². The Morgan fingerprint density at radius 3 is 0.867 bits per heavy atom. The Kier molecular flexibility index (Phi) is 86.7. The summed E-state index contributed by atoms with van der Waals surface area (Å²) in [5.74, 6) is 0. The summed E-state index contributed by atoms with van der Waals surface area (Å²) in [6, 6.07) is 0. The first-order valence-corrected chi connectivity index (χ1v) is 2.64. The largest absolute Gasteiger partial charge is 2.00 e. The molecule has 15 heavy (non-hydrogen) atoms. The molecule has 0 amide bonds. The summed E-state index contributed by atoms with van der Waals surface area (Å²) >= 11 is 0. The zero-order valence-corrected chi connectivity index (χ0v) is 9.77. The van der Waals surface area contributed by atoms with Crippen LogP contribution in [0.25, 0.3) is 0 Å². The third-order valence-electron chi connectivity index (χ3n) is 0.129. The Hall–Kier alpha value is 1.37. The summed E-state index contributed by atoms with van der Waals surface area (Å²) in [7, 11) is -5.83. The second-order valence-corrected chi connectivity index (χ2v) is 1.09. The molecule has 0 aromatic heterocycles. The van der Waals surface area contributed by atoms with Crippen molar-refractivity contribution >= 4 is 14.6 Å². The van der Waals surface area contributed by atoms with Crippen molar-refractivity contribution in [2.24, 2.45) is 5.73 Å². The molecule has 0 rings (SSSR count). The van der Waals surface area contributed by atoms with Gasteiger partial charge in [0.25, 0.3) is 0 Å². The standard InChI is InChI=1S/C2H7NO.2BO3.3Cu/c3-1-2-4;2*2-1(3)4;;;/h4H,1-3H2;;;;;/q;2*-3;3*+2. The monoisotopic (exact) mass is 368 g/mol. The van der Waals surface area contributed by atoms with Crippen molar-refractivity contribution in [1.82, 2.24) is 0 Å². The van der Waals surface area contributed by atoms with Crippen molar-refractivity contribution in [1.29, 1.82) is 0 Å². The average molecular weight is 369 g/mol. The first-order valence-electron chi connectivity index (χ1n) is 2.64. The minimum absolute atomic E-state index is 0. The zero-order valence-electron chi connectivity index (χ0n) is 6.95. The molecular weight excluding hydrogens is 362 g/mol. The first kappa shape index (κ1) is 36.0. The van der Waals surface area contributed by atoms with Crippen LogP contribution < -0.4 is 35.9 Å². The predicted octanol–water partition coefficient (Wildman–Crippen LogP) is -8.97. The van der Waals surface area contributed by atoms with Gasteiger partial charge in [-0.15, -0.1) is 0 Å². The Morgan fingerprint density at radius 2 is 0.867 bits per heavy atom. The molecule has 0 heterocycles. The van der Waals surface area contributed by atoms with Crippen LogP contribution in [0.2, 0.25) is 0 Å². The van der Waals surface area contributed by atoms with E-state index in [4.69, 9.17) is 41.0 Å². The van der Waals surface area contributed by atoms with Crippen molar-refractivity contribution in [3.05, 3.63) is 0 Å². The van der Waals surface area contributed by atoms with Crippen LogP contribution in [0.5, 0.6) is 0 Å². The van der Waals surface area contributed by atoms with Gasteiger partial charge < -0.3 is 41.0 Å². The molecule has 8 nitrogen and oxygen atoms in total. The molecule has 3 N–H and O–H groups in total. The SMILES string of the molecule is NCCO.[Cu+2].[Cu+2].[Cu+2].[O-]B([O-])[O-].[O-]B([O-])[O-]. The van der Waals surface area contributed by atoms with Gasteiger partial charge in [-0.1, -0.05) is 0 Å². The van der Waals surface area contributed by atoms with Crippen LogP contribution in [0.1, 0.15) is 0 Å². The fourth-order valence-electron chi connectivity index (χ4n) is 0. The molecule has 3 radical (unpaired) electrons. The van der Waals surface area contributed by atoms with Gasteiger partial charge in [-0.05, 0) is 0 Å². The van der Waals surface area contributed by atoms with Crippen LogP contribution in [0.4, 0.5) is 0 Å². The summed E-state index contributed by atoms with van der Waals surface area (Å²) in [5.41, 5.74) is 4.78. The molecule has 13 heteroatoms. The van der Waals surface area contributed by atoms with Gasteiger partial charge in [0.2, 0.25) is 0 Å². The maximum Gasteiger partial charge on any atom is 2.00 e. The van der Waals surface area contributed by atoms with Gasteiger partial charge in [-0.3, -0.25) is 14.6 Å². The van der Waals surface area contributed by atoms with E-state index in [0.717, 1.165) is 0 Å². The van der Waals surface area contributed by atoms with Gasteiger partial charge in [0.05, 0.1) is 6.61 Å². The van der Waals surface area contributed by atoms with Gasteiger partial charge in [0.1, 0.15) is 0 Å². The van der Waals surface area contributed by atoms with Crippen LogP contribution in [0, 0.1) is 0 Å². The van der Waals surface area contributed by atoms with Crippen LogP contribution in [-0.4, -0.2) is 32.9 Å². The summed E-state index contributed by atoms with van der Waals surface area (Å²) in [6.45, 7) is 0.472. The fraction of sp³-hybridized carbons (Fsp3) is 1.00. The number of rotatable bonds is 1. The van der Waals surface area contributed by atoms with E-state index in [1.54, 1.807) is 0 Å². The maximum atomic E-state index is 8.42. The van der Waals surface area contributed by atoms with Crippen LogP contribution in [-0.2, 0) is 51.2 Å². The Bertz CT molecular complexity index is 60.7. The van der Waals surface area contributed by atoms with Crippen LogP contribution in [0.3, 0.4) is 0 Å². The summed E-state index contributed by atoms with van der Waals surface area (Å²) in [6.07, 6.45) is 0. The van der Waals surface area contributed by atoms with Crippen molar-refractivity contribution in [3.63, 3.8) is 0 Å². The number of nitrogens with two attached hydrogens (primary N) is 1. The number of aliphatic hydroxyl groups excluding tert-OH is 1. The molecule has 0 atom stereocenters. The molecule has 0 aromatic rings. The molecule has 101 valence electrons. The van der Waals surface area contributed by atoms with E-state index in [-0.39, 0.29) is 57.8 Å². The minimum atomic E-state index is -2.92. The number of aliphatic hydroxyl groups is 1. The van der Waals surface area contributed by atoms with Crippen molar-refractivity contribution < 1.29 is 86.5 Å². The molecule has 0 aliphatic heterocycles. The molecule has 0 saturated carbocycles. The van der Waals surface area contributed by atoms with Crippen molar-refractivity contribution in [2.45, 2.75) is 0 Å². The Balaban J connectivity index is -0.0000000184. The van der Waals surface area contributed by atoms with E-state index >= 15 is 0 Å². The molecule has 0 aromatic carbocycles. The zero-order chi connectivity index (χ0) is 10.6. The molecule has 0 spiro atoms. The van der Waals surface area contributed by atoms with Crippen molar-refractivity contribution in [2.75, 3.05) is 13.2 Å². The van der Waals surface area contributed by atoms with Gasteiger partial charge in [-0.2, -0.15) is 0 Å². The van der Waals surface area contributed by atoms with E-state index in [9.17, 15) is 0 Å². The third kappa shape index (κ3) is 490. The van der Waals surface area contributed by atoms with Crippen molar-refractivity contribution in [3.8, 4) is 0 Å². The molecule has 0 bridgehead atoms. The minimum Gasteiger partial charge on any atom is -0.907 e. The summed E-state index contributed by atoms with van der Waals surface area (Å²) in [4.78, 5) is 0. The quantitative estimate of drug-likeness (QED) is 0.427. The topological polar surface area (TPSA) is 185 Å². The molecule has 0 fully saturated rings. The normalized spacial score (nSPS) is 5.60. The second-order valence-electron chi connectivity index (χ2n) is 1.09. The van der Waals surface area contributed by atoms with Crippen LogP contribution >= 0.6 is 0 Å². The van der Waals surface area contributed by atoms with E-state index in [1.165, 1.54) is 0 Å². The van der Waals surface area contributed by atoms with Gasteiger partial charge >= 0.3 is 51.2 Å². The number of hydrogen-bond donors (Lipinski definition) is 2. The Labute approximate surface area is 120 Å². The fourth-order valence-corrected chi connectivity index (χ4v) is 0. The van der Waals surface area contributed by atoms with E-state index in [1.807, 2.05) is 0 Å². The molecule has 0 aliphatic rings. The molecule has 0 unspecified atom stereocenters. The van der Waals surface area contributed by atoms with Crippen LogP contribution in [0.15, 0.2) is 0 Å². The molecular formula is C2H7B2Cu3NO7. The Morgan fingerprint density at radius 1 is 0.800 bits per heavy atom. The van der Waals surface area contributed by atoms with E-state index < -0.39 is 14.6 Å². The van der Waals surface area contributed by atoms with E-state index in [2.05, 4.69) is 0 Å². The summed E-state index contributed by atoms with van der Waals surface area (Å²) in [5, 5.41) is 58.2. The first-order chi connectivity index (χ1) is 5.38. The third-order valence-corrected chi connectivity index (χ3v) is 0.129. The summed E-state index contributed by atoms with van der Waals surface area (Å²) < 4.78 is 0. The van der Waals surface area contributed by atoms with Gasteiger partial charge in [-0.25, -0.2) is 0 Å². The molecule has 0 saturated heterocycles. The smallest absolute Gasteiger partial charge is 0.907 e. The maximum absolute atomic E-state index is 8.42.